The Morgan fingerprint density at radius 3 is 2.50 bits per heavy atom. The Balaban J connectivity index is 3.77. The molecule has 0 aromatic heterocycles. The number of hydrogen-bond acceptors (Lipinski definition) is 4. The molecule has 0 aromatic rings. The van der Waals surface area contributed by atoms with Crippen molar-refractivity contribution in [2.24, 2.45) is 0 Å². The van der Waals surface area contributed by atoms with Crippen molar-refractivity contribution in [3.05, 3.63) is 12.7 Å². The van der Waals surface area contributed by atoms with E-state index in [2.05, 4.69) is 17.2 Å². The van der Waals surface area contributed by atoms with Gasteiger partial charge in [-0.15, -0.1) is 0 Å². The molecule has 0 saturated carbocycles. The van der Waals surface area contributed by atoms with Crippen LogP contribution in [-0.4, -0.2) is 43.3 Å². The fraction of sp³-hybridized carbons (Fsp3) is 0.727. The highest BCUT2D eigenvalue weighted by atomic mass is 32.2. The van der Waals surface area contributed by atoms with Gasteiger partial charge in [0, 0.05) is 12.1 Å². The molecule has 0 aliphatic carbocycles. The van der Waals surface area contributed by atoms with Crippen LogP contribution in [-0.2, 0) is 14.9 Å². The third-order valence-electron chi connectivity index (χ3n) is 2.43. The molecule has 0 fully saturated rings. The number of nitrogens with one attached hydrogen (secondary N) is 2. The average Bonchev–Trinajstić information content (AvgIpc) is 2.25. The molecule has 6 nitrogen and oxygen atoms in total. The molecule has 0 atom stereocenters. The molecule has 0 rings (SSSR count). The van der Waals surface area contributed by atoms with Crippen LogP contribution >= 0.6 is 0 Å². The Morgan fingerprint density at radius 1 is 1.39 bits per heavy atom. The molecule has 0 unspecified atom stereocenters. The van der Waals surface area contributed by atoms with Crippen molar-refractivity contribution in [3.8, 4) is 0 Å². The van der Waals surface area contributed by atoms with E-state index in [0.29, 0.717) is 19.5 Å². The van der Waals surface area contributed by atoms with Gasteiger partial charge in [0.2, 0.25) is 5.91 Å². The van der Waals surface area contributed by atoms with Gasteiger partial charge in [-0.2, -0.15) is 8.42 Å². The van der Waals surface area contributed by atoms with E-state index < -0.39 is 10.1 Å². The monoisotopic (exact) mass is 278 g/mol. The molecule has 0 aromatic carbocycles. The summed E-state index contributed by atoms with van der Waals surface area (Å²) in [6.07, 6.45) is 2.27. The van der Waals surface area contributed by atoms with E-state index >= 15 is 0 Å². The lowest BCUT2D eigenvalue weighted by Gasteiger charge is -2.25. The highest BCUT2D eigenvalue weighted by molar-refractivity contribution is 7.85. The normalized spacial score (nSPS) is 12.2. The number of carbonyl (C=O) groups is 1. The van der Waals surface area contributed by atoms with Gasteiger partial charge >= 0.3 is 0 Å². The van der Waals surface area contributed by atoms with Crippen LogP contribution in [0.2, 0.25) is 0 Å². The second-order valence-electron chi connectivity index (χ2n) is 4.70. The average molecular weight is 278 g/mol. The molecule has 0 radical (unpaired) electrons. The standard InChI is InChI=1S/C11H22N2O4S/c1-4-10(14)12-7-5-8-13-11(2,3)6-9-18(15,16)17/h4,13H,1,5-9H2,2-3H3,(H,12,14)(H,15,16,17). The van der Waals surface area contributed by atoms with E-state index in [0.717, 1.165) is 6.42 Å². The second kappa shape index (κ2) is 7.50. The highest BCUT2D eigenvalue weighted by Gasteiger charge is 2.19. The van der Waals surface area contributed by atoms with Crippen molar-refractivity contribution in [2.45, 2.75) is 32.2 Å². The van der Waals surface area contributed by atoms with Gasteiger partial charge in [-0.05, 0) is 39.3 Å². The summed E-state index contributed by atoms with van der Waals surface area (Å²) in [6, 6.07) is 0. The van der Waals surface area contributed by atoms with E-state index in [-0.39, 0.29) is 17.2 Å². The van der Waals surface area contributed by atoms with Crippen molar-refractivity contribution < 1.29 is 17.8 Å². The first kappa shape index (κ1) is 17.1. The second-order valence-corrected chi connectivity index (χ2v) is 6.27. The Labute approximate surface area is 109 Å². The molecular weight excluding hydrogens is 256 g/mol. The van der Waals surface area contributed by atoms with E-state index in [1.165, 1.54) is 6.08 Å². The molecule has 18 heavy (non-hydrogen) atoms. The largest absolute Gasteiger partial charge is 0.353 e. The van der Waals surface area contributed by atoms with Crippen LogP contribution in [0, 0.1) is 0 Å². The predicted molar refractivity (Wildman–Crippen MR) is 70.9 cm³/mol. The number of carbonyl (C=O) groups excluding carboxylic acids is 1. The van der Waals surface area contributed by atoms with Gasteiger partial charge < -0.3 is 10.6 Å². The number of amides is 1. The lowest BCUT2D eigenvalue weighted by molar-refractivity contribution is -0.116. The van der Waals surface area contributed by atoms with Gasteiger partial charge in [-0.1, -0.05) is 6.58 Å². The maximum Gasteiger partial charge on any atom is 0.264 e. The minimum absolute atomic E-state index is 0.208. The molecule has 0 heterocycles. The van der Waals surface area contributed by atoms with Gasteiger partial charge in [0.25, 0.3) is 10.1 Å². The summed E-state index contributed by atoms with van der Waals surface area (Å²) in [4.78, 5) is 10.8. The van der Waals surface area contributed by atoms with Crippen molar-refractivity contribution in [1.82, 2.24) is 10.6 Å². The minimum atomic E-state index is -3.92. The Morgan fingerprint density at radius 2 is 2.00 bits per heavy atom. The maximum atomic E-state index is 10.8. The van der Waals surface area contributed by atoms with Crippen LogP contribution in [0.1, 0.15) is 26.7 Å². The molecule has 7 heteroatoms. The fourth-order valence-corrected chi connectivity index (χ4v) is 2.04. The summed E-state index contributed by atoms with van der Waals surface area (Å²) in [7, 11) is -3.92. The zero-order valence-corrected chi connectivity index (χ0v) is 11.7. The molecular formula is C11H22N2O4S. The van der Waals surface area contributed by atoms with Gasteiger partial charge in [0.15, 0.2) is 0 Å². The van der Waals surface area contributed by atoms with Gasteiger partial charge in [-0.25, -0.2) is 0 Å². The van der Waals surface area contributed by atoms with Gasteiger partial charge in [0.05, 0.1) is 5.75 Å². The molecule has 3 N–H and O–H groups in total. The molecule has 0 spiro atoms. The van der Waals surface area contributed by atoms with Crippen molar-refractivity contribution in [2.75, 3.05) is 18.8 Å². The number of hydrogen-bond donors (Lipinski definition) is 3. The maximum absolute atomic E-state index is 10.8. The molecule has 0 bridgehead atoms. The lowest BCUT2D eigenvalue weighted by Crippen LogP contribution is -2.42. The molecule has 106 valence electrons. The fourth-order valence-electron chi connectivity index (χ4n) is 1.27. The number of rotatable bonds is 9. The summed E-state index contributed by atoms with van der Waals surface area (Å²) < 4.78 is 29.9. The van der Waals surface area contributed by atoms with Crippen LogP contribution in [0.15, 0.2) is 12.7 Å². The Hall–Kier alpha value is -0.920. The first-order valence-corrected chi connectivity index (χ1v) is 7.38. The van der Waals surface area contributed by atoms with E-state index in [1.54, 1.807) is 0 Å². The molecule has 0 aliphatic heterocycles. The summed E-state index contributed by atoms with van der Waals surface area (Å²) >= 11 is 0. The molecule has 1 amide bonds. The summed E-state index contributed by atoms with van der Waals surface area (Å²) in [5.41, 5.74) is -0.377. The van der Waals surface area contributed by atoms with Crippen LogP contribution in [0.25, 0.3) is 0 Å². The lowest BCUT2D eigenvalue weighted by atomic mass is 10.0. The first-order valence-electron chi connectivity index (χ1n) is 5.77. The van der Waals surface area contributed by atoms with E-state index in [9.17, 15) is 13.2 Å². The van der Waals surface area contributed by atoms with E-state index in [1.807, 2.05) is 13.8 Å². The first-order chi connectivity index (χ1) is 8.16. The van der Waals surface area contributed by atoms with Crippen molar-refractivity contribution in [1.29, 1.82) is 0 Å². The highest BCUT2D eigenvalue weighted by Crippen LogP contribution is 2.09. The molecule has 0 aliphatic rings. The third kappa shape index (κ3) is 10.2. The van der Waals surface area contributed by atoms with E-state index in [4.69, 9.17) is 4.55 Å². The predicted octanol–water partition coefficient (Wildman–Crippen LogP) is 0.325. The topological polar surface area (TPSA) is 95.5 Å². The van der Waals surface area contributed by atoms with Crippen LogP contribution in [0.3, 0.4) is 0 Å². The summed E-state index contributed by atoms with van der Waals surface area (Å²) in [5.74, 6) is -0.471. The summed E-state index contributed by atoms with van der Waals surface area (Å²) in [5, 5.41) is 5.81. The van der Waals surface area contributed by atoms with Crippen LogP contribution in [0.5, 0.6) is 0 Å². The van der Waals surface area contributed by atoms with Crippen LogP contribution < -0.4 is 10.6 Å². The van der Waals surface area contributed by atoms with Gasteiger partial charge in [-0.3, -0.25) is 9.35 Å². The third-order valence-corrected chi connectivity index (χ3v) is 3.15. The van der Waals surface area contributed by atoms with Crippen molar-refractivity contribution >= 4 is 16.0 Å². The van der Waals surface area contributed by atoms with Crippen molar-refractivity contribution in [3.63, 3.8) is 0 Å². The molecule has 0 saturated heterocycles. The quantitative estimate of drug-likeness (QED) is 0.321. The van der Waals surface area contributed by atoms with Gasteiger partial charge in [0.1, 0.15) is 0 Å². The Bertz CT molecular complexity index is 377. The zero-order valence-electron chi connectivity index (χ0n) is 10.9. The van der Waals surface area contributed by atoms with Crippen LogP contribution in [0.4, 0.5) is 0 Å². The zero-order chi connectivity index (χ0) is 14.2. The minimum Gasteiger partial charge on any atom is -0.353 e. The SMILES string of the molecule is C=CC(=O)NCCCNC(C)(C)CCS(=O)(=O)O. The Kier molecular flexibility index (Phi) is 7.12. The smallest absolute Gasteiger partial charge is 0.264 e. The summed E-state index contributed by atoms with van der Waals surface area (Å²) in [6.45, 7) is 8.24.